The van der Waals surface area contributed by atoms with Crippen molar-refractivity contribution in [1.82, 2.24) is 0 Å². The number of hydrogen-bond donors (Lipinski definition) is 0. The van der Waals surface area contributed by atoms with Crippen LogP contribution in [0.2, 0.25) is 0 Å². The largest absolute Gasteiger partial charge is 0.424 e. The zero-order valence-corrected chi connectivity index (χ0v) is 11.2. The Morgan fingerprint density at radius 2 is 1.56 bits per heavy atom. The van der Waals surface area contributed by atoms with Crippen molar-refractivity contribution in [3.05, 3.63) is 47.0 Å². The van der Waals surface area contributed by atoms with Crippen molar-refractivity contribution in [3.8, 4) is 0 Å². The van der Waals surface area contributed by atoms with Gasteiger partial charge in [0.05, 0.1) is 0 Å². The van der Waals surface area contributed by atoms with Gasteiger partial charge >= 0.3 is 0 Å². The van der Waals surface area contributed by atoms with E-state index in [-0.39, 0.29) is 0 Å². The Hall–Kier alpha value is -1.22. The van der Waals surface area contributed by atoms with Crippen molar-refractivity contribution in [2.24, 2.45) is 0 Å². The third-order valence-electron chi connectivity index (χ3n) is 2.45. The maximum Gasteiger partial charge on any atom is 0.298 e. The average Bonchev–Trinajstić information content (AvgIpc) is 2.17. The van der Waals surface area contributed by atoms with E-state index in [0.29, 0.717) is 6.47 Å². The maximum absolute atomic E-state index is 10.6. The van der Waals surface area contributed by atoms with Gasteiger partial charge in [0.1, 0.15) is 5.09 Å². The van der Waals surface area contributed by atoms with E-state index >= 15 is 0 Å². The van der Waals surface area contributed by atoms with E-state index in [9.17, 15) is 4.79 Å². The second-order valence-corrected chi connectivity index (χ2v) is 15.5. The van der Waals surface area contributed by atoms with E-state index in [0.717, 1.165) is 5.09 Å². The van der Waals surface area contributed by atoms with Crippen LogP contribution < -0.4 is 0 Å². The standard InChI is InChI=1S/C13H20O2S/c1-16(2,3,4)11-9-7-5-6-8-10-13(16)15-12-14/h5-12H,1-4H3/b7-5-,8-6-,11-9-,13-10-. The van der Waals surface area contributed by atoms with Gasteiger partial charge in [-0.25, -0.2) is 8.29 Å². The predicted molar refractivity (Wildman–Crippen MR) is 73.9 cm³/mol. The minimum absolute atomic E-state index is 0.499. The van der Waals surface area contributed by atoms with Gasteiger partial charge in [-0.05, 0) is 31.1 Å². The molecule has 0 aliphatic carbocycles. The quantitative estimate of drug-likeness (QED) is 0.693. The monoisotopic (exact) mass is 240 g/mol. The van der Waals surface area contributed by atoms with E-state index < -0.39 is 8.29 Å². The SMILES string of the molecule is CS1(C)(C)(C)\C=C/C=C\C=C/C=C\1OC=O. The number of hydrogen-bond acceptors (Lipinski definition) is 2. The lowest BCUT2D eigenvalue weighted by molar-refractivity contribution is -0.124. The molecule has 0 amide bonds. The molecule has 0 radical (unpaired) electrons. The zero-order chi connectivity index (χ0) is 12.3. The summed E-state index contributed by atoms with van der Waals surface area (Å²) in [5, 5.41) is 2.88. The molecule has 0 N–H and O–H groups in total. The maximum atomic E-state index is 10.6. The highest BCUT2D eigenvalue weighted by Crippen LogP contribution is 2.85. The second kappa shape index (κ2) is 3.39. The van der Waals surface area contributed by atoms with Gasteiger partial charge in [-0.2, -0.15) is 0 Å². The Kier molecular flexibility index (Phi) is 2.72. The summed E-state index contributed by atoms with van der Waals surface area (Å²) in [5.41, 5.74) is 0. The molecule has 0 aromatic rings. The fourth-order valence-corrected chi connectivity index (χ4v) is 3.52. The highest BCUT2D eigenvalue weighted by Gasteiger charge is 2.45. The number of carbonyl (C=O) groups is 1. The van der Waals surface area contributed by atoms with E-state index in [1.54, 1.807) is 0 Å². The van der Waals surface area contributed by atoms with Gasteiger partial charge in [0.25, 0.3) is 6.47 Å². The first-order valence-corrected chi connectivity index (χ1v) is 9.18. The van der Waals surface area contributed by atoms with Crippen molar-refractivity contribution < 1.29 is 9.53 Å². The Labute approximate surface area is 96.6 Å². The van der Waals surface area contributed by atoms with Crippen molar-refractivity contribution in [2.45, 2.75) is 0 Å². The molecule has 0 saturated heterocycles. The van der Waals surface area contributed by atoms with Gasteiger partial charge < -0.3 is 4.74 Å². The summed E-state index contributed by atoms with van der Waals surface area (Å²) in [6.45, 7) is 0.499. The molecule has 0 bridgehead atoms. The molecule has 0 aromatic carbocycles. The lowest BCUT2D eigenvalue weighted by atomic mass is 10.4. The van der Waals surface area contributed by atoms with Crippen molar-refractivity contribution in [2.75, 3.05) is 25.0 Å². The van der Waals surface area contributed by atoms with Crippen LogP contribution in [0.3, 0.4) is 0 Å². The third kappa shape index (κ3) is 2.89. The zero-order valence-electron chi connectivity index (χ0n) is 10.3. The van der Waals surface area contributed by atoms with Crippen molar-refractivity contribution in [1.29, 1.82) is 0 Å². The Balaban J connectivity index is 3.45. The molecule has 0 spiro atoms. The Morgan fingerprint density at radius 3 is 2.19 bits per heavy atom. The Morgan fingerprint density at radius 1 is 1.00 bits per heavy atom. The molecule has 90 valence electrons. The van der Waals surface area contributed by atoms with Crippen LogP contribution in [0.5, 0.6) is 0 Å². The molecule has 0 aromatic heterocycles. The molecule has 3 heteroatoms. The molecule has 2 nitrogen and oxygen atoms in total. The summed E-state index contributed by atoms with van der Waals surface area (Å²) in [6, 6.07) is 0. The minimum Gasteiger partial charge on any atom is -0.424 e. The Bertz CT molecular complexity index is 415. The number of rotatable bonds is 2. The summed E-state index contributed by atoms with van der Waals surface area (Å²) >= 11 is 0. The molecule has 0 atom stereocenters. The van der Waals surface area contributed by atoms with Gasteiger partial charge in [0, 0.05) is 0 Å². The lowest BCUT2D eigenvalue weighted by Crippen LogP contribution is -2.31. The predicted octanol–water partition coefficient (Wildman–Crippen LogP) is 3.04. The van der Waals surface area contributed by atoms with Crippen molar-refractivity contribution >= 4 is 14.8 Å². The van der Waals surface area contributed by atoms with E-state index in [1.165, 1.54) is 0 Å². The van der Waals surface area contributed by atoms with Crippen LogP contribution in [0.25, 0.3) is 0 Å². The van der Waals surface area contributed by atoms with Crippen LogP contribution in [0.4, 0.5) is 0 Å². The number of allylic oxidation sites excluding steroid dienone is 6. The molecule has 0 unspecified atom stereocenters. The molecule has 1 aliphatic rings. The number of ether oxygens (including phenoxy) is 1. The van der Waals surface area contributed by atoms with Crippen LogP contribution in [-0.4, -0.2) is 31.5 Å². The first-order chi connectivity index (χ1) is 7.18. The molecule has 1 heterocycles. The van der Waals surface area contributed by atoms with Gasteiger partial charge in [0.2, 0.25) is 0 Å². The van der Waals surface area contributed by atoms with Crippen LogP contribution in [0, 0.1) is 0 Å². The number of carbonyl (C=O) groups excluding carboxylic acids is 1. The fourth-order valence-electron chi connectivity index (χ4n) is 1.41. The molecular formula is C13H20O2S. The summed E-state index contributed by atoms with van der Waals surface area (Å²) in [6.07, 6.45) is 20.2. The lowest BCUT2D eigenvalue weighted by Gasteiger charge is -2.66. The van der Waals surface area contributed by atoms with Gasteiger partial charge in [0.15, 0.2) is 0 Å². The van der Waals surface area contributed by atoms with Crippen LogP contribution in [0.15, 0.2) is 47.0 Å². The highest BCUT2D eigenvalue weighted by molar-refractivity contribution is 8.67. The van der Waals surface area contributed by atoms with Gasteiger partial charge in [-0.15, -0.1) is 0 Å². The highest BCUT2D eigenvalue weighted by atomic mass is 32.4. The van der Waals surface area contributed by atoms with E-state index in [2.05, 4.69) is 30.4 Å². The van der Waals surface area contributed by atoms with Crippen LogP contribution in [-0.2, 0) is 9.53 Å². The summed E-state index contributed by atoms with van der Waals surface area (Å²) in [7, 11) is -2.65. The normalized spacial score (nSPS) is 38.4. The molecule has 0 fully saturated rings. The molecule has 0 saturated carbocycles. The first-order valence-electron chi connectivity index (χ1n) is 5.04. The topological polar surface area (TPSA) is 26.3 Å². The molecule has 1 rings (SSSR count). The summed E-state index contributed by atoms with van der Waals surface area (Å²) in [4.78, 5) is 10.6. The smallest absolute Gasteiger partial charge is 0.298 e. The van der Waals surface area contributed by atoms with E-state index in [1.807, 2.05) is 36.5 Å². The van der Waals surface area contributed by atoms with Gasteiger partial charge in [-0.1, -0.05) is 35.8 Å². The van der Waals surface area contributed by atoms with Crippen LogP contribution >= 0.6 is 8.29 Å². The molecular weight excluding hydrogens is 220 g/mol. The second-order valence-electron chi connectivity index (χ2n) is 6.12. The summed E-state index contributed by atoms with van der Waals surface area (Å²) < 4.78 is 5.20. The fraction of sp³-hybridized carbons (Fsp3) is 0.308. The van der Waals surface area contributed by atoms with Gasteiger partial charge in [-0.3, -0.25) is 4.79 Å². The van der Waals surface area contributed by atoms with Crippen LogP contribution in [0.1, 0.15) is 0 Å². The average molecular weight is 240 g/mol. The van der Waals surface area contributed by atoms with E-state index in [4.69, 9.17) is 4.74 Å². The summed E-state index contributed by atoms with van der Waals surface area (Å²) in [5.74, 6) is 0. The third-order valence-corrected chi connectivity index (χ3v) is 5.91. The first kappa shape index (κ1) is 12.8. The molecule has 1 aliphatic heterocycles. The minimum atomic E-state index is -2.65. The molecule has 16 heavy (non-hydrogen) atoms. The van der Waals surface area contributed by atoms with Crippen molar-refractivity contribution in [3.63, 3.8) is 0 Å².